The number of carbonyl (C=O) groups excluding carboxylic acids is 3. The maximum Gasteiger partial charge on any atom is 0.242 e. The molecule has 8 heteroatoms. The maximum atomic E-state index is 12.1. The zero-order chi connectivity index (χ0) is 17.4. The fourth-order valence-electron chi connectivity index (χ4n) is 3.24. The second-order valence-electron chi connectivity index (χ2n) is 6.54. The summed E-state index contributed by atoms with van der Waals surface area (Å²) in [6.45, 7) is 2.77. The van der Waals surface area contributed by atoms with Gasteiger partial charge in [-0.3, -0.25) is 19.3 Å². The molecular weight excluding hydrogens is 310 g/mol. The molecule has 1 saturated heterocycles. The predicted octanol–water partition coefficient (Wildman–Crippen LogP) is -1.35. The third-order valence-corrected chi connectivity index (χ3v) is 4.68. The molecule has 0 bridgehead atoms. The minimum Gasteiger partial charge on any atom is -0.352 e. The van der Waals surface area contributed by atoms with Crippen molar-refractivity contribution in [1.29, 1.82) is 0 Å². The van der Waals surface area contributed by atoms with Gasteiger partial charge in [-0.05, 0) is 12.8 Å². The van der Waals surface area contributed by atoms with Gasteiger partial charge in [0.2, 0.25) is 17.7 Å². The van der Waals surface area contributed by atoms with Crippen LogP contribution in [0.3, 0.4) is 0 Å². The molecule has 2 rings (SSSR count). The van der Waals surface area contributed by atoms with Crippen LogP contribution in [0.25, 0.3) is 0 Å². The molecule has 0 atom stereocenters. The molecule has 0 spiro atoms. The number of rotatable bonds is 6. The molecule has 1 aliphatic heterocycles. The molecule has 1 heterocycles. The van der Waals surface area contributed by atoms with Crippen molar-refractivity contribution in [3.05, 3.63) is 0 Å². The van der Waals surface area contributed by atoms with Gasteiger partial charge in [0.05, 0.1) is 19.6 Å². The van der Waals surface area contributed by atoms with Gasteiger partial charge in [-0.1, -0.05) is 19.3 Å². The lowest BCUT2D eigenvalue weighted by molar-refractivity contribution is -0.134. The van der Waals surface area contributed by atoms with Gasteiger partial charge in [0.25, 0.3) is 0 Å². The van der Waals surface area contributed by atoms with E-state index in [2.05, 4.69) is 15.5 Å². The number of nitrogens with two attached hydrogens (primary N) is 1. The summed E-state index contributed by atoms with van der Waals surface area (Å²) in [5, 5.41) is 5.60. The van der Waals surface area contributed by atoms with E-state index in [0.29, 0.717) is 38.8 Å². The Hall–Kier alpha value is -1.67. The monoisotopic (exact) mass is 339 g/mol. The van der Waals surface area contributed by atoms with E-state index < -0.39 is 0 Å². The number of nitrogens with zero attached hydrogens (tertiary/aromatic N) is 2. The number of nitrogens with one attached hydrogen (secondary N) is 2. The summed E-state index contributed by atoms with van der Waals surface area (Å²) < 4.78 is 0. The van der Waals surface area contributed by atoms with E-state index in [0.717, 1.165) is 12.8 Å². The zero-order valence-electron chi connectivity index (χ0n) is 14.3. The summed E-state index contributed by atoms with van der Waals surface area (Å²) in [7, 11) is 0. The summed E-state index contributed by atoms with van der Waals surface area (Å²) in [5.41, 5.74) is 5.19. The van der Waals surface area contributed by atoms with Crippen molar-refractivity contribution in [3.8, 4) is 0 Å². The van der Waals surface area contributed by atoms with Crippen LogP contribution < -0.4 is 16.4 Å². The first-order valence-corrected chi connectivity index (χ1v) is 8.84. The second kappa shape index (κ2) is 9.58. The number of hydrogen-bond acceptors (Lipinski definition) is 5. The molecule has 0 unspecified atom stereocenters. The second-order valence-corrected chi connectivity index (χ2v) is 6.54. The molecule has 1 aliphatic carbocycles. The molecule has 1 saturated carbocycles. The molecule has 8 nitrogen and oxygen atoms in total. The van der Waals surface area contributed by atoms with Crippen molar-refractivity contribution in [1.82, 2.24) is 20.4 Å². The molecule has 0 aromatic heterocycles. The Morgan fingerprint density at radius 1 is 0.958 bits per heavy atom. The van der Waals surface area contributed by atoms with Gasteiger partial charge in [0.15, 0.2) is 0 Å². The smallest absolute Gasteiger partial charge is 0.242 e. The van der Waals surface area contributed by atoms with Crippen LogP contribution in [0.5, 0.6) is 0 Å². The van der Waals surface area contributed by atoms with Gasteiger partial charge >= 0.3 is 0 Å². The first-order valence-electron chi connectivity index (χ1n) is 8.84. The van der Waals surface area contributed by atoms with Gasteiger partial charge in [-0.25, -0.2) is 0 Å². The summed E-state index contributed by atoms with van der Waals surface area (Å²) >= 11 is 0. The lowest BCUT2D eigenvalue weighted by atomic mass is 9.95. The molecule has 136 valence electrons. The zero-order valence-corrected chi connectivity index (χ0v) is 14.3. The summed E-state index contributed by atoms with van der Waals surface area (Å²) in [5.74, 6) is -0.360. The molecule has 2 fully saturated rings. The summed E-state index contributed by atoms with van der Waals surface area (Å²) in [4.78, 5) is 39.0. The standard InChI is InChI=1S/C16H29N5O3/c17-10-14(22)18-11-16(24)21-8-6-20(7-9-21)12-15(23)19-13-4-2-1-3-5-13/h13H,1-12,17H2,(H,18,22)(H,19,23). The van der Waals surface area contributed by atoms with Crippen molar-refractivity contribution in [2.45, 2.75) is 38.1 Å². The van der Waals surface area contributed by atoms with Crippen molar-refractivity contribution in [2.75, 3.05) is 45.8 Å². The number of amides is 3. The Kier molecular flexibility index (Phi) is 7.45. The summed E-state index contributed by atoms with van der Waals surface area (Å²) in [6, 6.07) is 0.334. The van der Waals surface area contributed by atoms with E-state index >= 15 is 0 Å². The minimum absolute atomic E-state index is 0.0157. The largest absolute Gasteiger partial charge is 0.352 e. The van der Waals surface area contributed by atoms with Gasteiger partial charge in [0.1, 0.15) is 0 Å². The Labute approximate surface area is 143 Å². The fourth-order valence-corrected chi connectivity index (χ4v) is 3.24. The Bertz CT molecular complexity index is 443. The molecule has 4 N–H and O–H groups in total. The van der Waals surface area contributed by atoms with Crippen LogP contribution in [0.15, 0.2) is 0 Å². The lowest BCUT2D eigenvalue weighted by Gasteiger charge is -2.34. The number of hydrogen-bond donors (Lipinski definition) is 3. The van der Waals surface area contributed by atoms with Gasteiger partial charge in [-0.2, -0.15) is 0 Å². The van der Waals surface area contributed by atoms with Crippen molar-refractivity contribution < 1.29 is 14.4 Å². The van der Waals surface area contributed by atoms with Crippen molar-refractivity contribution in [3.63, 3.8) is 0 Å². The Morgan fingerprint density at radius 3 is 2.25 bits per heavy atom. The highest BCUT2D eigenvalue weighted by Gasteiger charge is 2.23. The molecular formula is C16H29N5O3. The van der Waals surface area contributed by atoms with E-state index in [1.54, 1.807) is 4.90 Å². The molecule has 24 heavy (non-hydrogen) atoms. The molecule has 0 aromatic rings. The minimum atomic E-state index is -0.332. The first-order chi connectivity index (χ1) is 11.6. The van der Waals surface area contributed by atoms with Crippen LogP contribution in [-0.2, 0) is 14.4 Å². The normalized spacial score (nSPS) is 19.8. The quantitative estimate of drug-likeness (QED) is 0.555. The first kappa shape index (κ1) is 18.7. The van der Waals surface area contributed by atoms with E-state index in [1.165, 1.54) is 19.3 Å². The van der Waals surface area contributed by atoms with Gasteiger partial charge in [0, 0.05) is 32.2 Å². The SMILES string of the molecule is NCC(=O)NCC(=O)N1CCN(CC(=O)NC2CCCCC2)CC1. The van der Waals surface area contributed by atoms with Crippen LogP contribution in [0.2, 0.25) is 0 Å². The van der Waals surface area contributed by atoms with Crippen LogP contribution in [-0.4, -0.2) is 79.4 Å². The van der Waals surface area contributed by atoms with Crippen LogP contribution in [0.1, 0.15) is 32.1 Å². The third kappa shape index (κ3) is 6.09. The van der Waals surface area contributed by atoms with Crippen molar-refractivity contribution >= 4 is 17.7 Å². The van der Waals surface area contributed by atoms with E-state index in [9.17, 15) is 14.4 Å². The average molecular weight is 339 g/mol. The molecule has 0 radical (unpaired) electrons. The van der Waals surface area contributed by atoms with E-state index in [1.807, 2.05) is 0 Å². The number of carbonyl (C=O) groups is 3. The van der Waals surface area contributed by atoms with Gasteiger partial charge in [-0.15, -0.1) is 0 Å². The number of piperazine rings is 1. The van der Waals surface area contributed by atoms with Gasteiger partial charge < -0.3 is 21.3 Å². The van der Waals surface area contributed by atoms with E-state index in [4.69, 9.17) is 5.73 Å². The molecule has 3 amide bonds. The predicted molar refractivity (Wildman–Crippen MR) is 90.1 cm³/mol. The average Bonchev–Trinajstić information content (AvgIpc) is 2.60. The van der Waals surface area contributed by atoms with Crippen LogP contribution in [0.4, 0.5) is 0 Å². The summed E-state index contributed by atoms with van der Waals surface area (Å²) in [6.07, 6.45) is 5.85. The van der Waals surface area contributed by atoms with Crippen LogP contribution >= 0.6 is 0 Å². The fraction of sp³-hybridized carbons (Fsp3) is 0.812. The Morgan fingerprint density at radius 2 is 1.62 bits per heavy atom. The maximum absolute atomic E-state index is 12.1. The Balaban J connectivity index is 1.63. The molecule has 0 aromatic carbocycles. The topological polar surface area (TPSA) is 108 Å². The third-order valence-electron chi connectivity index (χ3n) is 4.68. The van der Waals surface area contributed by atoms with E-state index in [-0.39, 0.29) is 30.8 Å². The van der Waals surface area contributed by atoms with Crippen LogP contribution in [0, 0.1) is 0 Å². The highest BCUT2D eigenvalue weighted by molar-refractivity contribution is 5.85. The van der Waals surface area contributed by atoms with Crippen molar-refractivity contribution in [2.24, 2.45) is 5.73 Å². The lowest BCUT2D eigenvalue weighted by Crippen LogP contribution is -2.53. The highest BCUT2D eigenvalue weighted by Crippen LogP contribution is 2.17. The highest BCUT2D eigenvalue weighted by atomic mass is 16.2. The molecule has 2 aliphatic rings.